The van der Waals surface area contributed by atoms with Crippen molar-refractivity contribution in [3.63, 3.8) is 0 Å². The standard InChI is InChI=1S/C20H20N4O2S/c25-18(21-16-7-4-8-17-19(16)23-27-22-17)13-24-11-9-15(10-12-24)20(26)14-5-2-1-3-6-14/h1-8,15H,9-13H2,(H,21,25). The predicted molar refractivity (Wildman–Crippen MR) is 106 cm³/mol. The van der Waals surface area contributed by atoms with Crippen LogP contribution in [0.15, 0.2) is 48.5 Å². The maximum Gasteiger partial charge on any atom is 0.238 e. The lowest BCUT2D eigenvalue weighted by Gasteiger charge is -2.30. The molecule has 138 valence electrons. The molecule has 0 radical (unpaired) electrons. The number of anilines is 1. The van der Waals surface area contributed by atoms with Gasteiger partial charge in [-0.1, -0.05) is 36.4 Å². The first-order valence-electron chi connectivity index (χ1n) is 9.03. The van der Waals surface area contributed by atoms with E-state index < -0.39 is 0 Å². The van der Waals surface area contributed by atoms with Crippen LogP contribution in [0, 0.1) is 5.92 Å². The summed E-state index contributed by atoms with van der Waals surface area (Å²) >= 11 is 1.14. The van der Waals surface area contributed by atoms with E-state index in [1.807, 2.05) is 48.5 Å². The quantitative estimate of drug-likeness (QED) is 0.688. The summed E-state index contributed by atoms with van der Waals surface area (Å²) in [6.07, 6.45) is 1.57. The van der Waals surface area contributed by atoms with Crippen LogP contribution in [0.25, 0.3) is 11.0 Å². The number of hydrogen-bond donors (Lipinski definition) is 1. The largest absolute Gasteiger partial charge is 0.323 e. The molecule has 1 saturated heterocycles. The van der Waals surface area contributed by atoms with E-state index >= 15 is 0 Å². The first kappa shape index (κ1) is 17.8. The number of benzene rings is 2. The topological polar surface area (TPSA) is 75.2 Å². The van der Waals surface area contributed by atoms with Crippen molar-refractivity contribution < 1.29 is 9.59 Å². The summed E-state index contributed by atoms with van der Waals surface area (Å²) in [5.74, 6) is 0.187. The van der Waals surface area contributed by atoms with Gasteiger partial charge in [-0.3, -0.25) is 14.5 Å². The summed E-state index contributed by atoms with van der Waals surface area (Å²) in [6, 6.07) is 15.0. The first-order valence-corrected chi connectivity index (χ1v) is 9.76. The normalized spacial score (nSPS) is 15.7. The van der Waals surface area contributed by atoms with Crippen LogP contribution in [0.4, 0.5) is 5.69 Å². The number of nitrogens with zero attached hydrogens (tertiary/aromatic N) is 3. The van der Waals surface area contributed by atoms with Crippen molar-refractivity contribution in [3.8, 4) is 0 Å². The van der Waals surface area contributed by atoms with E-state index in [4.69, 9.17) is 0 Å². The Morgan fingerprint density at radius 1 is 1.04 bits per heavy atom. The summed E-state index contributed by atoms with van der Waals surface area (Å²) in [4.78, 5) is 27.1. The second-order valence-corrected chi connectivity index (χ2v) is 7.29. The third-order valence-corrected chi connectivity index (χ3v) is 5.49. The highest BCUT2D eigenvalue weighted by Crippen LogP contribution is 2.23. The number of aromatic nitrogens is 2. The minimum Gasteiger partial charge on any atom is -0.323 e. The molecule has 1 aliphatic rings. The summed E-state index contributed by atoms with van der Waals surface area (Å²) in [5.41, 5.74) is 2.99. The SMILES string of the molecule is O=C(CN1CCC(C(=O)c2ccccc2)CC1)Nc1cccc2nsnc12. The summed E-state index contributed by atoms with van der Waals surface area (Å²) in [6.45, 7) is 1.82. The Morgan fingerprint density at radius 2 is 1.81 bits per heavy atom. The van der Waals surface area contributed by atoms with Crippen molar-refractivity contribution in [2.24, 2.45) is 5.92 Å². The van der Waals surface area contributed by atoms with Crippen molar-refractivity contribution in [1.82, 2.24) is 13.6 Å². The molecule has 0 atom stereocenters. The van der Waals surface area contributed by atoms with Gasteiger partial charge in [-0.2, -0.15) is 8.75 Å². The molecule has 0 saturated carbocycles. The molecule has 2 heterocycles. The zero-order valence-corrected chi connectivity index (χ0v) is 15.6. The molecule has 2 aromatic carbocycles. The maximum atomic E-state index is 12.6. The number of fused-ring (bicyclic) bond motifs is 1. The van der Waals surface area contributed by atoms with E-state index in [1.54, 1.807) is 0 Å². The van der Waals surface area contributed by atoms with Gasteiger partial charge < -0.3 is 5.32 Å². The molecule has 1 N–H and O–H groups in total. The highest BCUT2D eigenvalue weighted by Gasteiger charge is 2.26. The predicted octanol–water partition coefficient (Wildman–Crippen LogP) is 3.22. The van der Waals surface area contributed by atoms with Crippen LogP contribution in [0.5, 0.6) is 0 Å². The number of ketones is 1. The van der Waals surface area contributed by atoms with Crippen LogP contribution in [0.1, 0.15) is 23.2 Å². The minimum absolute atomic E-state index is 0.0431. The van der Waals surface area contributed by atoms with Gasteiger partial charge in [0.05, 0.1) is 24.0 Å². The average Bonchev–Trinajstić information content (AvgIpc) is 3.19. The molecular weight excluding hydrogens is 360 g/mol. The Morgan fingerprint density at radius 3 is 2.59 bits per heavy atom. The van der Waals surface area contributed by atoms with Gasteiger partial charge in [-0.05, 0) is 38.1 Å². The van der Waals surface area contributed by atoms with Gasteiger partial charge in [-0.15, -0.1) is 0 Å². The Hall–Kier alpha value is -2.64. The molecule has 27 heavy (non-hydrogen) atoms. The molecule has 1 amide bonds. The minimum atomic E-state index is -0.0664. The van der Waals surface area contributed by atoms with Crippen molar-refractivity contribution in [1.29, 1.82) is 0 Å². The van der Waals surface area contributed by atoms with E-state index in [2.05, 4.69) is 19.0 Å². The number of likely N-dealkylation sites (tertiary alicyclic amines) is 1. The smallest absolute Gasteiger partial charge is 0.238 e. The number of piperidine rings is 1. The monoisotopic (exact) mass is 380 g/mol. The first-order chi connectivity index (χ1) is 13.2. The summed E-state index contributed by atoms with van der Waals surface area (Å²) in [7, 11) is 0. The molecule has 6 nitrogen and oxygen atoms in total. The number of carbonyl (C=O) groups excluding carboxylic acids is 2. The number of nitrogens with one attached hydrogen (secondary N) is 1. The van der Waals surface area contributed by atoms with Gasteiger partial charge in [0, 0.05) is 11.5 Å². The van der Waals surface area contributed by atoms with E-state index in [0.29, 0.717) is 12.2 Å². The molecule has 0 spiro atoms. The molecular formula is C20H20N4O2S. The molecule has 3 aromatic rings. The maximum absolute atomic E-state index is 12.6. The van der Waals surface area contributed by atoms with Gasteiger partial charge in [0.2, 0.25) is 5.91 Å². The molecule has 7 heteroatoms. The average molecular weight is 380 g/mol. The third-order valence-electron chi connectivity index (χ3n) is 4.94. The number of rotatable bonds is 5. The van der Waals surface area contributed by atoms with Crippen LogP contribution < -0.4 is 5.32 Å². The van der Waals surface area contributed by atoms with Gasteiger partial charge >= 0.3 is 0 Å². The van der Waals surface area contributed by atoms with Crippen molar-refractivity contribution in [2.75, 3.05) is 25.0 Å². The molecule has 0 bridgehead atoms. The third kappa shape index (κ3) is 4.04. The number of hydrogen-bond acceptors (Lipinski definition) is 6. The lowest BCUT2D eigenvalue weighted by molar-refractivity contribution is -0.117. The Kier molecular flexibility index (Phi) is 5.22. The van der Waals surface area contributed by atoms with Crippen LogP contribution >= 0.6 is 11.7 Å². The molecule has 1 aliphatic heterocycles. The summed E-state index contributed by atoms with van der Waals surface area (Å²) < 4.78 is 8.43. The van der Waals surface area contributed by atoms with Crippen LogP contribution in [-0.2, 0) is 4.79 Å². The fourth-order valence-corrected chi connectivity index (χ4v) is 4.04. The number of carbonyl (C=O) groups is 2. The number of Topliss-reactive ketones (excluding diaryl/α,β-unsaturated/α-hetero) is 1. The Labute approximate surface area is 161 Å². The summed E-state index contributed by atoms with van der Waals surface area (Å²) in [5, 5.41) is 2.93. The highest BCUT2D eigenvalue weighted by atomic mass is 32.1. The Balaban J connectivity index is 1.31. The zero-order valence-electron chi connectivity index (χ0n) is 14.8. The van der Waals surface area contributed by atoms with Crippen LogP contribution in [-0.4, -0.2) is 45.0 Å². The molecule has 0 unspecified atom stereocenters. The van der Waals surface area contributed by atoms with Crippen molar-refractivity contribution in [2.45, 2.75) is 12.8 Å². The van der Waals surface area contributed by atoms with E-state index in [1.165, 1.54) is 0 Å². The molecule has 0 aliphatic carbocycles. The molecule has 1 aromatic heterocycles. The van der Waals surface area contributed by atoms with Gasteiger partial charge in [-0.25, -0.2) is 0 Å². The fraction of sp³-hybridized carbons (Fsp3) is 0.300. The zero-order chi connectivity index (χ0) is 18.6. The molecule has 4 rings (SSSR count). The van der Waals surface area contributed by atoms with Crippen LogP contribution in [0.2, 0.25) is 0 Å². The molecule has 1 fully saturated rings. The van der Waals surface area contributed by atoms with Gasteiger partial charge in [0.25, 0.3) is 0 Å². The van der Waals surface area contributed by atoms with Crippen molar-refractivity contribution in [3.05, 3.63) is 54.1 Å². The van der Waals surface area contributed by atoms with Crippen molar-refractivity contribution >= 4 is 40.1 Å². The fourth-order valence-electron chi connectivity index (χ4n) is 3.49. The second kappa shape index (κ2) is 7.94. The lowest BCUT2D eigenvalue weighted by Crippen LogP contribution is -2.40. The number of amides is 1. The highest BCUT2D eigenvalue weighted by molar-refractivity contribution is 7.00. The second-order valence-electron chi connectivity index (χ2n) is 6.77. The van der Waals surface area contributed by atoms with E-state index in [9.17, 15) is 9.59 Å². The van der Waals surface area contributed by atoms with Crippen LogP contribution in [0.3, 0.4) is 0 Å². The van der Waals surface area contributed by atoms with E-state index in [0.717, 1.165) is 54.3 Å². The Bertz CT molecular complexity index is 949. The van der Waals surface area contributed by atoms with Gasteiger partial charge in [0.1, 0.15) is 11.0 Å². The van der Waals surface area contributed by atoms with Gasteiger partial charge in [0.15, 0.2) is 5.78 Å². The lowest BCUT2D eigenvalue weighted by atomic mass is 9.89. The van der Waals surface area contributed by atoms with E-state index in [-0.39, 0.29) is 17.6 Å².